The molecule has 1 amide bonds. The molecule has 0 aromatic heterocycles. The number of carbonyl (C=O) groups excluding carboxylic acids is 2. The van der Waals surface area contributed by atoms with Crippen LogP contribution in [-0.4, -0.2) is 93.4 Å². The summed E-state index contributed by atoms with van der Waals surface area (Å²) in [7, 11) is -4.10. The van der Waals surface area contributed by atoms with Crippen LogP contribution in [0.3, 0.4) is 0 Å². The van der Waals surface area contributed by atoms with Gasteiger partial charge in [0.05, 0.1) is 42.8 Å². The van der Waals surface area contributed by atoms with Gasteiger partial charge in [-0.25, -0.2) is 18.0 Å². The van der Waals surface area contributed by atoms with Crippen molar-refractivity contribution in [2.75, 3.05) is 32.9 Å². The summed E-state index contributed by atoms with van der Waals surface area (Å²) in [6.45, 7) is 6.30. The number of alkyl carbamates (subject to hydrolysis) is 1. The first kappa shape index (κ1) is 33.1. The molecule has 12 nitrogen and oxygen atoms in total. The van der Waals surface area contributed by atoms with Gasteiger partial charge in [0.2, 0.25) is 10.0 Å². The standard InChI is InChI=1S/C32H42N2O10S/c1-4-40-30(36)28-16-22-15-23(10-11-27(22)43-28)45(38,39)34(17-20(2)3)18-26(35)25(14-21-8-6-5-7-9-21)33-32(37)44-29-19-42-31-24(29)12-13-41-31/h5-11,15,20,24-26,28-29,31,35H,4,12-14,16-19H2,1-3H3,(H,33,37)/t24?,25-,26+,28?,29?,31+/m0/s1. The van der Waals surface area contributed by atoms with Crippen LogP contribution in [-0.2, 0) is 46.6 Å². The van der Waals surface area contributed by atoms with E-state index >= 15 is 0 Å². The predicted molar refractivity (Wildman–Crippen MR) is 162 cm³/mol. The zero-order valence-corrected chi connectivity index (χ0v) is 26.6. The first-order valence-corrected chi connectivity index (χ1v) is 16.9. The summed E-state index contributed by atoms with van der Waals surface area (Å²) >= 11 is 0. The quantitative estimate of drug-likeness (QED) is 0.311. The minimum atomic E-state index is -4.10. The third kappa shape index (κ3) is 7.95. The largest absolute Gasteiger partial charge is 0.478 e. The SMILES string of the molecule is CCOC(=O)C1Cc2cc(S(=O)(=O)N(CC(C)C)C[C@@H](O)[C@H](Cc3ccccc3)NC(=O)OC3CO[C@H]4OCCC34)ccc2O1. The maximum absolute atomic E-state index is 14.0. The third-order valence-electron chi connectivity index (χ3n) is 8.16. The summed E-state index contributed by atoms with van der Waals surface area (Å²) in [4.78, 5) is 25.3. The molecule has 0 bridgehead atoms. The van der Waals surface area contributed by atoms with E-state index in [-0.39, 0.29) is 62.2 Å². The highest BCUT2D eigenvalue weighted by molar-refractivity contribution is 7.89. The lowest BCUT2D eigenvalue weighted by Crippen LogP contribution is -2.51. The van der Waals surface area contributed by atoms with E-state index < -0.39 is 46.4 Å². The number of ether oxygens (including phenoxy) is 5. The fourth-order valence-electron chi connectivity index (χ4n) is 5.94. The first-order valence-electron chi connectivity index (χ1n) is 15.4. The third-order valence-corrected chi connectivity index (χ3v) is 9.99. The summed E-state index contributed by atoms with van der Waals surface area (Å²) in [6.07, 6.45) is -2.53. The van der Waals surface area contributed by atoms with Gasteiger partial charge >= 0.3 is 12.1 Å². The number of rotatable bonds is 13. The highest BCUT2D eigenvalue weighted by Gasteiger charge is 2.44. The Morgan fingerprint density at radius 1 is 1.11 bits per heavy atom. The molecular weight excluding hydrogens is 604 g/mol. The molecule has 6 atom stereocenters. The molecule has 45 heavy (non-hydrogen) atoms. The van der Waals surface area contributed by atoms with Crippen LogP contribution >= 0.6 is 0 Å². The van der Waals surface area contributed by atoms with Crippen LogP contribution in [0.1, 0.15) is 38.3 Å². The van der Waals surface area contributed by atoms with Crippen LogP contribution in [0.5, 0.6) is 5.75 Å². The molecule has 3 aliphatic rings. The highest BCUT2D eigenvalue weighted by Crippen LogP contribution is 2.34. The van der Waals surface area contributed by atoms with Gasteiger partial charge in [0.25, 0.3) is 0 Å². The Morgan fingerprint density at radius 3 is 2.62 bits per heavy atom. The van der Waals surface area contributed by atoms with Gasteiger partial charge < -0.3 is 34.1 Å². The molecule has 2 fully saturated rings. The number of nitrogens with one attached hydrogen (secondary N) is 1. The van der Waals surface area contributed by atoms with Gasteiger partial charge in [0.15, 0.2) is 12.4 Å². The number of benzene rings is 2. The second-order valence-electron chi connectivity index (χ2n) is 12.0. The number of carbonyl (C=O) groups is 2. The van der Waals surface area contributed by atoms with E-state index in [2.05, 4.69) is 5.32 Å². The van der Waals surface area contributed by atoms with Crippen molar-refractivity contribution >= 4 is 22.1 Å². The van der Waals surface area contributed by atoms with Crippen molar-refractivity contribution < 1.29 is 46.8 Å². The predicted octanol–water partition coefficient (Wildman–Crippen LogP) is 2.66. The number of aliphatic hydroxyl groups excluding tert-OH is 1. The van der Waals surface area contributed by atoms with Crippen LogP contribution in [0.2, 0.25) is 0 Å². The van der Waals surface area contributed by atoms with E-state index in [0.29, 0.717) is 17.9 Å². The van der Waals surface area contributed by atoms with Gasteiger partial charge in [-0.2, -0.15) is 4.31 Å². The lowest BCUT2D eigenvalue weighted by atomic mass is 10.0. The van der Waals surface area contributed by atoms with E-state index in [0.717, 1.165) is 12.0 Å². The van der Waals surface area contributed by atoms with Crippen molar-refractivity contribution in [1.29, 1.82) is 0 Å². The summed E-state index contributed by atoms with van der Waals surface area (Å²) in [5.74, 6) is -0.191. The molecule has 0 aliphatic carbocycles. The molecular formula is C32H42N2O10S. The molecule has 0 radical (unpaired) electrons. The lowest BCUT2D eigenvalue weighted by molar-refractivity contribution is -0.150. The molecule has 13 heteroatoms. The Morgan fingerprint density at radius 2 is 1.89 bits per heavy atom. The number of esters is 1. The average molecular weight is 647 g/mol. The van der Waals surface area contributed by atoms with Crippen LogP contribution in [0.15, 0.2) is 53.4 Å². The molecule has 2 N–H and O–H groups in total. The molecule has 0 spiro atoms. The maximum Gasteiger partial charge on any atom is 0.407 e. The van der Waals surface area contributed by atoms with Crippen molar-refractivity contribution in [2.24, 2.45) is 11.8 Å². The molecule has 2 aromatic carbocycles. The van der Waals surface area contributed by atoms with Crippen molar-refractivity contribution in [3.63, 3.8) is 0 Å². The van der Waals surface area contributed by atoms with Crippen LogP contribution in [0.4, 0.5) is 4.79 Å². The molecule has 2 aromatic rings. The fourth-order valence-corrected chi connectivity index (χ4v) is 7.61. The van der Waals surface area contributed by atoms with Crippen molar-refractivity contribution in [2.45, 2.75) is 75.6 Å². The summed E-state index contributed by atoms with van der Waals surface area (Å²) in [5.41, 5.74) is 1.43. The molecule has 3 aliphatic heterocycles. The van der Waals surface area contributed by atoms with E-state index in [1.54, 1.807) is 6.92 Å². The second kappa shape index (κ2) is 14.5. The van der Waals surface area contributed by atoms with Gasteiger partial charge in [0.1, 0.15) is 11.9 Å². The molecule has 3 heterocycles. The summed E-state index contributed by atoms with van der Waals surface area (Å²) < 4.78 is 56.8. The minimum absolute atomic E-state index is 0.0174. The van der Waals surface area contributed by atoms with Crippen molar-refractivity contribution in [3.8, 4) is 5.75 Å². The highest BCUT2D eigenvalue weighted by atomic mass is 32.2. The van der Waals surface area contributed by atoms with Crippen LogP contribution in [0.25, 0.3) is 0 Å². The molecule has 0 saturated carbocycles. The number of aliphatic hydroxyl groups is 1. The van der Waals surface area contributed by atoms with Crippen LogP contribution < -0.4 is 10.1 Å². The molecule has 3 unspecified atom stereocenters. The summed E-state index contributed by atoms with van der Waals surface area (Å²) in [6, 6.07) is 12.9. The van der Waals surface area contributed by atoms with Gasteiger partial charge in [-0.05, 0) is 55.0 Å². The molecule has 246 valence electrons. The number of sulfonamides is 1. The van der Waals surface area contributed by atoms with E-state index in [1.807, 2.05) is 44.2 Å². The number of hydrogen-bond donors (Lipinski definition) is 2. The zero-order valence-electron chi connectivity index (χ0n) is 25.8. The number of hydrogen-bond acceptors (Lipinski definition) is 10. The van der Waals surface area contributed by atoms with Gasteiger partial charge in [0, 0.05) is 19.5 Å². The first-order chi connectivity index (χ1) is 21.5. The smallest absolute Gasteiger partial charge is 0.407 e. The Kier molecular flexibility index (Phi) is 10.7. The zero-order chi connectivity index (χ0) is 32.1. The monoisotopic (exact) mass is 646 g/mol. The second-order valence-corrected chi connectivity index (χ2v) is 14.0. The van der Waals surface area contributed by atoms with Crippen LogP contribution in [0, 0.1) is 11.8 Å². The maximum atomic E-state index is 14.0. The molecule has 5 rings (SSSR count). The molecule has 2 saturated heterocycles. The van der Waals surface area contributed by atoms with Crippen molar-refractivity contribution in [1.82, 2.24) is 9.62 Å². The average Bonchev–Trinajstić information content (AvgIpc) is 3.74. The van der Waals surface area contributed by atoms with Gasteiger partial charge in [-0.15, -0.1) is 0 Å². The Labute approximate surface area is 264 Å². The van der Waals surface area contributed by atoms with Crippen molar-refractivity contribution in [3.05, 3.63) is 59.7 Å². The van der Waals surface area contributed by atoms with E-state index in [1.165, 1.54) is 22.5 Å². The topological polar surface area (TPSA) is 150 Å². The number of amides is 1. The summed E-state index contributed by atoms with van der Waals surface area (Å²) in [5, 5.41) is 14.3. The van der Waals surface area contributed by atoms with E-state index in [9.17, 15) is 23.1 Å². The minimum Gasteiger partial charge on any atom is -0.478 e. The van der Waals surface area contributed by atoms with Gasteiger partial charge in [-0.1, -0.05) is 44.2 Å². The Bertz CT molecular complexity index is 1440. The normalized spacial score (nSPS) is 23.7. The van der Waals surface area contributed by atoms with E-state index in [4.69, 9.17) is 23.7 Å². The number of fused-ring (bicyclic) bond motifs is 2. The fraction of sp³-hybridized carbons (Fsp3) is 0.562. The van der Waals surface area contributed by atoms with Gasteiger partial charge in [-0.3, -0.25) is 0 Å². The Balaban J connectivity index is 1.32. The Hall–Kier alpha value is -3.23. The number of nitrogens with zero attached hydrogens (tertiary/aromatic N) is 1. The lowest BCUT2D eigenvalue weighted by Gasteiger charge is -2.31.